The molecule has 86 heavy (non-hydrogen) atoms. The van der Waals surface area contributed by atoms with Gasteiger partial charge in [-0.05, 0) is 140 Å². The molecule has 0 bridgehead atoms. The van der Waals surface area contributed by atoms with E-state index in [4.69, 9.17) is 19.9 Å². The number of para-hydroxylation sites is 2. The molecule has 0 aliphatic rings. The van der Waals surface area contributed by atoms with E-state index in [0.29, 0.717) is 5.82 Å². The first-order chi connectivity index (χ1) is 42.6. The van der Waals surface area contributed by atoms with Gasteiger partial charge in [0, 0.05) is 44.0 Å². The molecule has 0 radical (unpaired) electrons. The summed E-state index contributed by atoms with van der Waals surface area (Å²) in [5, 5.41) is 18.1. The van der Waals surface area contributed by atoms with Crippen molar-refractivity contribution in [1.29, 1.82) is 0 Å². The standard InChI is InChI=1S/C82H48N4/c1-3-13-49(14-4-1)68-47-74(83-72-23-9-7-21-64(68)72)51-25-33-59(34-26-51)80-71-46-61(62-41-37-57-31-29-53-17-11-19-55-39-43-66(62)78(57)76(53)55)45-70(63-42-38-58-32-30-54-18-12-20-56-40-44-67(63)79(58)77(54)56)81(71)86-82(85-80)60-35-27-52(28-36-60)75-48-69(50-15-5-2-6-16-50)65-22-8-10-24-73(65)84-75/h1-48H. The SMILES string of the molecule is c1ccc(-c2cc(-c3ccc(-c4nc(-c5ccc(-c6cc(-c7ccccc7)c7ccccc7n6)cc5)c5cc(-c6ccc7ccc8cccc9ccc6c7c89)cc(-c6ccc7ccc8cccc9ccc6c7c89)c5n4)cc3)nc3ccccc23)cc1. The Balaban J connectivity index is 0.885. The van der Waals surface area contributed by atoms with Crippen molar-refractivity contribution in [3.05, 3.63) is 291 Å². The summed E-state index contributed by atoms with van der Waals surface area (Å²) in [6.07, 6.45) is 0. The van der Waals surface area contributed by atoms with Gasteiger partial charge in [0.1, 0.15) is 0 Å². The predicted molar refractivity (Wildman–Crippen MR) is 361 cm³/mol. The molecule has 0 saturated carbocycles. The second kappa shape index (κ2) is 19.0. The fourth-order valence-electron chi connectivity index (χ4n) is 13.8. The van der Waals surface area contributed by atoms with Gasteiger partial charge in [0.05, 0.1) is 33.6 Å². The lowest BCUT2D eigenvalue weighted by molar-refractivity contribution is 1.23. The molecule has 0 amide bonds. The molecule has 0 N–H and O–H groups in total. The fourth-order valence-corrected chi connectivity index (χ4v) is 13.8. The first-order valence-electron chi connectivity index (χ1n) is 29.4. The maximum absolute atomic E-state index is 5.77. The van der Waals surface area contributed by atoms with Gasteiger partial charge in [-0.25, -0.2) is 19.9 Å². The lowest BCUT2D eigenvalue weighted by Crippen LogP contribution is -1.99. The molecule has 4 heteroatoms. The van der Waals surface area contributed by atoms with Crippen LogP contribution in [0, 0.1) is 0 Å². The maximum atomic E-state index is 5.77. The van der Waals surface area contributed by atoms with E-state index in [1.54, 1.807) is 0 Å². The van der Waals surface area contributed by atoms with Crippen LogP contribution in [0.2, 0.25) is 0 Å². The largest absolute Gasteiger partial charge is 0.248 e. The molecular formula is C82H48N4. The number of rotatable bonds is 8. The van der Waals surface area contributed by atoms with Crippen molar-refractivity contribution < 1.29 is 0 Å². The number of nitrogens with zero attached hydrogens (tertiary/aromatic N) is 4. The van der Waals surface area contributed by atoms with Gasteiger partial charge in [0.2, 0.25) is 0 Å². The minimum Gasteiger partial charge on any atom is -0.248 e. The smallest absolute Gasteiger partial charge is 0.160 e. The van der Waals surface area contributed by atoms with Crippen molar-refractivity contribution in [2.45, 2.75) is 0 Å². The van der Waals surface area contributed by atoms with Gasteiger partial charge in [-0.2, -0.15) is 0 Å². The van der Waals surface area contributed by atoms with Crippen molar-refractivity contribution in [2.24, 2.45) is 0 Å². The molecule has 18 aromatic rings. The minimum absolute atomic E-state index is 0.637. The molecule has 0 fully saturated rings. The van der Waals surface area contributed by atoms with Crippen molar-refractivity contribution in [2.75, 3.05) is 0 Å². The van der Waals surface area contributed by atoms with Crippen LogP contribution in [-0.4, -0.2) is 19.9 Å². The fraction of sp³-hybridized carbons (Fsp3) is 0. The summed E-state index contributed by atoms with van der Waals surface area (Å²) in [5.41, 5.74) is 18.4. The van der Waals surface area contributed by atoms with E-state index in [-0.39, 0.29) is 0 Å². The van der Waals surface area contributed by atoms with Crippen LogP contribution in [0.15, 0.2) is 291 Å². The Bertz CT molecular complexity index is 5710. The summed E-state index contributed by atoms with van der Waals surface area (Å²) in [6.45, 7) is 0. The topological polar surface area (TPSA) is 51.6 Å². The Morgan fingerprint density at radius 1 is 0.198 bits per heavy atom. The van der Waals surface area contributed by atoms with Crippen LogP contribution in [0.25, 0.3) is 187 Å². The Morgan fingerprint density at radius 2 is 0.628 bits per heavy atom. The zero-order valence-corrected chi connectivity index (χ0v) is 46.5. The Hall–Kier alpha value is -11.5. The summed E-state index contributed by atoms with van der Waals surface area (Å²) < 4.78 is 0. The van der Waals surface area contributed by atoms with Crippen LogP contribution in [0.1, 0.15) is 0 Å². The monoisotopic (exact) mass is 1090 g/mol. The molecule has 0 aliphatic heterocycles. The summed E-state index contributed by atoms with van der Waals surface area (Å²) in [4.78, 5) is 22.0. The molecular weight excluding hydrogens is 1040 g/mol. The van der Waals surface area contributed by atoms with Gasteiger partial charge >= 0.3 is 0 Å². The van der Waals surface area contributed by atoms with Gasteiger partial charge in [-0.3, -0.25) is 0 Å². The van der Waals surface area contributed by atoms with Crippen molar-refractivity contribution in [3.8, 4) is 89.7 Å². The zero-order chi connectivity index (χ0) is 56.4. The van der Waals surface area contributed by atoms with Gasteiger partial charge in [-0.1, -0.05) is 255 Å². The van der Waals surface area contributed by atoms with Crippen LogP contribution >= 0.6 is 0 Å². The van der Waals surface area contributed by atoms with E-state index in [2.05, 4.69) is 291 Å². The molecule has 0 aliphatic carbocycles. The predicted octanol–water partition coefficient (Wildman–Crippen LogP) is 21.9. The zero-order valence-electron chi connectivity index (χ0n) is 46.5. The van der Waals surface area contributed by atoms with Gasteiger partial charge in [0.25, 0.3) is 0 Å². The van der Waals surface area contributed by atoms with E-state index < -0.39 is 0 Å². The minimum atomic E-state index is 0.637. The van der Waals surface area contributed by atoms with Crippen LogP contribution < -0.4 is 0 Å². The average Bonchev–Trinajstić information content (AvgIpc) is 1.06. The quantitative estimate of drug-likeness (QED) is 0.142. The highest BCUT2D eigenvalue weighted by molar-refractivity contribution is 6.28. The lowest BCUT2D eigenvalue weighted by Gasteiger charge is -2.19. The van der Waals surface area contributed by atoms with E-state index >= 15 is 0 Å². The van der Waals surface area contributed by atoms with Crippen LogP contribution in [0.4, 0.5) is 0 Å². The van der Waals surface area contributed by atoms with E-state index in [1.807, 2.05) is 0 Å². The highest BCUT2D eigenvalue weighted by atomic mass is 14.9. The number of hydrogen-bond donors (Lipinski definition) is 0. The first kappa shape index (κ1) is 48.1. The third-order valence-electron chi connectivity index (χ3n) is 18.0. The average molecular weight is 1090 g/mol. The second-order valence-corrected chi connectivity index (χ2v) is 22.8. The van der Waals surface area contributed by atoms with Crippen LogP contribution in [0.5, 0.6) is 0 Å². The van der Waals surface area contributed by atoms with Crippen molar-refractivity contribution in [3.63, 3.8) is 0 Å². The molecule has 3 aromatic heterocycles. The summed E-state index contributed by atoms with van der Waals surface area (Å²) in [5.74, 6) is 0.637. The van der Waals surface area contributed by atoms with Crippen molar-refractivity contribution >= 4 is 97.3 Å². The summed E-state index contributed by atoms with van der Waals surface area (Å²) in [6, 6.07) is 106. The van der Waals surface area contributed by atoms with Crippen molar-refractivity contribution in [1.82, 2.24) is 19.9 Å². The van der Waals surface area contributed by atoms with Gasteiger partial charge < -0.3 is 0 Å². The summed E-state index contributed by atoms with van der Waals surface area (Å²) >= 11 is 0. The van der Waals surface area contributed by atoms with Crippen LogP contribution in [-0.2, 0) is 0 Å². The Morgan fingerprint density at radius 3 is 1.16 bits per heavy atom. The normalized spacial score (nSPS) is 12.0. The molecule has 0 spiro atoms. The molecule has 0 atom stereocenters. The number of pyridine rings is 2. The van der Waals surface area contributed by atoms with Crippen LogP contribution in [0.3, 0.4) is 0 Å². The van der Waals surface area contributed by atoms with Gasteiger partial charge in [0.15, 0.2) is 5.82 Å². The maximum Gasteiger partial charge on any atom is 0.160 e. The number of aromatic nitrogens is 4. The first-order valence-corrected chi connectivity index (χ1v) is 29.4. The molecule has 3 heterocycles. The molecule has 0 unspecified atom stereocenters. The van der Waals surface area contributed by atoms with Gasteiger partial charge in [-0.15, -0.1) is 0 Å². The third kappa shape index (κ3) is 7.63. The van der Waals surface area contributed by atoms with E-state index in [1.165, 1.54) is 64.6 Å². The summed E-state index contributed by atoms with van der Waals surface area (Å²) in [7, 11) is 0. The third-order valence-corrected chi connectivity index (χ3v) is 18.0. The number of hydrogen-bond acceptors (Lipinski definition) is 4. The second-order valence-electron chi connectivity index (χ2n) is 22.8. The molecule has 15 aromatic carbocycles. The Kier molecular flexibility index (Phi) is 10.7. The molecule has 18 rings (SSSR count). The highest BCUT2D eigenvalue weighted by Crippen LogP contribution is 2.47. The number of benzene rings is 15. The molecule has 396 valence electrons. The number of fused-ring (bicyclic) bond motifs is 3. The highest BCUT2D eigenvalue weighted by Gasteiger charge is 2.23. The lowest BCUT2D eigenvalue weighted by atomic mass is 9.86. The van der Waals surface area contributed by atoms with E-state index in [9.17, 15) is 0 Å². The Labute approximate surface area is 495 Å². The molecule has 0 saturated heterocycles. The van der Waals surface area contributed by atoms with E-state index in [0.717, 1.165) is 117 Å². The molecule has 4 nitrogen and oxygen atoms in total.